The van der Waals surface area contributed by atoms with Gasteiger partial charge in [0.1, 0.15) is 0 Å². The van der Waals surface area contributed by atoms with Gasteiger partial charge in [-0.05, 0) is 55.5 Å². The highest BCUT2D eigenvalue weighted by atomic mass is 16.7. The zero-order chi connectivity index (χ0) is 17.4. The number of hydrogen-bond donors (Lipinski definition) is 0. The van der Waals surface area contributed by atoms with Crippen LogP contribution >= 0.6 is 0 Å². The number of fused-ring (bicyclic) bond motifs is 1. The minimum atomic E-state index is -0.301. The second-order valence-corrected chi connectivity index (χ2v) is 6.77. The molecular weight excluding hydrogens is 314 g/mol. The number of amides is 1. The Kier molecular flexibility index (Phi) is 4.32. The van der Waals surface area contributed by atoms with Crippen molar-refractivity contribution in [1.29, 1.82) is 0 Å². The fourth-order valence-electron chi connectivity index (χ4n) is 3.67. The number of nitrogens with zero attached hydrogens (tertiary/aromatic N) is 1. The average molecular weight is 337 g/mol. The van der Waals surface area contributed by atoms with Crippen molar-refractivity contribution in [3.8, 4) is 0 Å². The van der Waals surface area contributed by atoms with E-state index in [4.69, 9.17) is 9.47 Å². The number of ether oxygens (including phenoxy) is 2. The third-order valence-electron chi connectivity index (χ3n) is 5.18. The normalized spacial score (nSPS) is 17.6. The Morgan fingerprint density at radius 2 is 1.76 bits per heavy atom. The summed E-state index contributed by atoms with van der Waals surface area (Å²) < 4.78 is 11.0. The van der Waals surface area contributed by atoms with E-state index in [1.54, 1.807) is 0 Å². The van der Waals surface area contributed by atoms with Crippen molar-refractivity contribution in [2.75, 3.05) is 24.7 Å². The van der Waals surface area contributed by atoms with Crippen molar-refractivity contribution in [3.63, 3.8) is 0 Å². The minimum absolute atomic E-state index is 0.0643. The van der Waals surface area contributed by atoms with Crippen LogP contribution in [0.5, 0.6) is 0 Å². The monoisotopic (exact) mass is 337 g/mol. The summed E-state index contributed by atoms with van der Waals surface area (Å²) in [6, 6.07) is 11.9. The summed E-state index contributed by atoms with van der Waals surface area (Å²) in [6.07, 6.45) is 1.74. The highest BCUT2D eigenvalue weighted by Gasteiger charge is 2.26. The van der Waals surface area contributed by atoms with Crippen LogP contribution in [0.1, 0.15) is 45.3 Å². The van der Waals surface area contributed by atoms with Crippen LogP contribution in [0.15, 0.2) is 36.4 Å². The van der Waals surface area contributed by atoms with Crippen molar-refractivity contribution in [2.24, 2.45) is 0 Å². The molecule has 0 aliphatic carbocycles. The highest BCUT2D eigenvalue weighted by Crippen LogP contribution is 2.33. The minimum Gasteiger partial charge on any atom is -0.346 e. The van der Waals surface area contributed by atoms with E-state index in [0.717, 1.165) is 30.6 Å². The van der Waals surface area contributed by atoms with E-state index in [1.165, 1.54) is 16.7 Å². The Balaban J connectivity index is 1.63. The summed E-state index contributed by atoms with van der Waals surface area (Å²) in [5.41, 5.74) is 6.46. The summed E-state index contributed by atoms with van der Waals surface area (Å²) >= 11 is 0. The van der Waals surface area contributed by atoms with Crippen LogP contribution in [-0.4, -0.2) is 25.7 Å². The first kappa shape index (κ1) is 16.3. The lowest BCUT2D eigenvalue weighted by atomic mass is 9.94. The first-order valence-corrected chi connectivity index (χ1v) is 8.89. The standard InChI is InChI=1S/C21H23NO3/c1-14-5-6-16-4-3-11-22(19(16)15(14)2)20(23)17-7-9-18(10-8-17)21-24-12-13-25-21/h5-10,21H,3-4,11-13H2,1-2H3. The van der Waals surface area contributed by atoms with Gasteiger partial charge in [0.05, 0.1) is 18.9 Å². The second-order valence-electron chi connectivity index (χ2n) is 6.77. The molecule has 0 spiro atoms. The SMILES string of the molecule is Cc1ccc2c(c1C)N(C(=O)c1ccc(C3OCCO3)cc1)CCC2. The van der Waals surface area contributed by atoms with E-state index in [9.17, 15) is 4.79 Å². The zero-order valence-electron chi connectivity index (χ0n) is 14.7. The van der Waals surface area contributed by atoms with Crippen LogP contribution in [0.2, 0.25) is 0 Å². The van der Waals surface area contributed by atoms with Gasteiger partial charge in [0.2, 0.25) is 0 Å². The predicted octanol–water partition coefficient (Wildman–Crippen LogP) is 3.94. The Morgan fingerprint density at radius 3 is 2.48 bits per heavy atom. The lowest BCUT2D eigenvalue weighted by molar-refractivity contribution is -0.0441. The van der Waals surface area contributed by atoms with E-state index in [2.05, 4.69) is 26.0 Å². The molecule has 4 rings (SSSR count). The Bertz CT molecular complexity index is 792. The molecule has 2 aromatic carbocycles. The average Bonchev–Trinajstić information content (AvgIpc) is 3.19. The first-order valence-electron chi connectivity index (χ1n) is 8.89. The molecule has 2 aliphatic rings. The van der Waals surface area contributed by atoms with Gasteiger partial charge in [-0.1, -0.05) is 24.3 Å². The summed E-state index contributed by atoms with van der Waals surface area (Å²) in [4.78, 5) is 15.1. The number of rotatable bonds is 2. The van der Waals surface area contributed by atoms with E-state index < -0.39 is 0 Å². The quantitative estimate of drug-likeness (QED) is 0.833. The van der Waals surface area contributed by atoms with Gasteiger partial charge in [-0.2, -0.15) is 0 Å². The van der Waals surface area contributed by atoms with Crippen LogP contribution in [0.3, 0.4) is 0 Å². The van der Waals surface area contributed by atoms with Crippen LogP contribution in [0.4, 0.5) is 5.69 Å². The Morgan fingerprint density at radius 1 is 1.04 bits per heavy atom. The number of carbonyl (C=O) groups is 1. The highest BCUT2D eigenvalue weighted by molar-refractivity contribution is 6.07. The van der Waals surface area contributed by atoms with Crippen LogP contribution in [0, 0.1) is 13.8 Å². The van der Waals surface area contributed by atoms with E-state index >= 15 is 0 Å². The fourth-order valence-corrected chi connectivity index (χ4v) is 3.67. The lowest BCUT2D eigenvalue weighted by Crippen LogP contribution is -2.36. The van der Waals surface area contributed by atoms with Crippen molar-refractivity contribution in [2.45, 2.75) is 33.0 Å². The second kappa shape index (κ2) is 6.62. The molecule has 130 valence electrons. The third-order valence-corrected chi connectivity index (χ3v) is 5.18. The molecule has 1 saturated heterocycles. The van der Waals surface area contributed by atoms with Crippen LogP contribution in [0.25, 0.3) is 0 Å². The number of hydrogen-bond acceptors (Lipinski definition) is 3. The topological polar surface area (TPSA) is 38.8 Å². The molecule has 2 aliphatic heterocycles. The maximum atomic E-state index is 13.1. The summed E-state index contributed by atoms with van der Waals surface area (Å²) in [5, 5.41) is 0. The molecule has 0 atom stereocenters. The number of aryl methyl sites for hydroxylation is 2. The molecule has 0 saturated carbocycles. The maximum Gasteiger partial charge on any atom is 0.258 e. The molecule has 25 heavy (non-hydrogen) atoms. The molecule has 0 radical (unpaired) electrons. The van der Waals surface area contributed by atoms with Crippen LogP contribution < -0.4 is 4.90 Å². The molecule has 1 amide bonds. The lowest BCUT2D eigenvalue weighted by Gasteiger charge is -2.32. The van der Waals surface area contributed by atoms with Crippen molar-refractivity contribution >= 4 is 11.6 Å². The molecule has 0 N–H and O–H groups in total. The van der Waals surface area contributed by atoms with Gasteiger partial charge >= 0.3 is 0 Å². The van der Waals surface area contributed by atoms with E-state index in [-0.39, 0.29) is 12.2 Å². The van der Waals surface area contributed by atoms with Gasteiger partial charge in [0.25, 0.3) is 5.91 Å². The first-order chi connectivity index (χ1) is 12.1. The van der Waals surface area contributed by atoms with Crippen molar-refractivity contribution in [3.05, 3.63) is 64.2 Å². The van der Waals surface area contributed by atoms with Gasteiger partial charge in [-0.15, -0.1) is 0 Å². The third kappa shape index (κ3) is 2.96. The largest absolute Gasteiger partial charge is 0.346 e. The zero-order valence-corrected chi connectivity index (χ0v) is 14.7. The van der Waals surface area contributed by atoms with Gasteiger partial charge in [-0.3, -0.25) is 4.79 Å². The fraction of sp³-hybridized carbons (Fsp3) is 0.381. The molecule has 0 bridgehead atoms. The summed E-state index contributed by atoms with van der Waals surface area (Å²) in [5.74, 6) is 0.0643. The molecule has 1 fully saturated rings. The Labute approximate surface area is 148 Å². The number of anilines is 1. The molecule has 4 nitrogen and oxygen atoms in total. The van der Waals surface area contributed by atoms with Crippen molar-refractivity contribution < 1.29 is 14.3 Å². The van der Waals surface area contributed by atoms with E-state index in [0.29, 0.717) is 18.8 Å². The molecule has 2 heterocycles. The molecule has 0 aromatic heterocycles. The summed E-state index contributed by atoms with van der Waals surface area (Å²) in [7, 11) is 0. The maximum absolute atomic E-state index is 13.1. The van der Waals surface area contributed by atoms with Crippen molar-refractivity contribution in [1.82, 2.24) is 0 Å². The predicted molar refractivity (Wildman–Crippen MR) is 97.0 cm³/mol. The smallest absolute Gasteiger partial charge is 0.258 e. The van der Waals surface area contributed by atoms with Gasteiger partial charge in [0, 0.05) is 17.7 Å². The van der Waals surface area contributed by atoms with Gasteiger partial charge in [-0.25, -0.2) is 0 Å². The molecule has 2 aromatic rings. The number of benzene rings is 2. The Hall–Kier alpha value is -2.17. The molecule has 4 heteroatoms. The van der Waals surface area contributed by atoms with Crippen LogP contribution in [-0.2, 0) is 15.9 Å². The van der Waals surface area contributed by atoms with Gasteiger partial charge < -0.3 is 14.4 Å². The van der Waals surface area contributed by atoms with Gasteiger partial charge in [0.15, 0.2) is 6.29 Å². The molecular formula is C21H23NO3. The summed E-state index contributed by atoms with van der Waals surface area (Å²) in [6.45, 7) is 6.22. The van der Waals surface area contributed by atoms with E-state index in [1.807, 2.05) is 29.2 Å². The number of carbonyl (C=O) groups excluding carboxylic acids is 1. The molecule has 0 unspecified atom stereocenters.